The molecule has 0 bridgehead atoms. The van der Waals surface area contributed by atoms with Gasteiger partial charge >= 0.3 is 0 Å². The van der Waals surface area contributed by atoms with E-state index in [9.17, 15) is 0 Å². The standard InChI is InChI=1S/C24H25N5S/c1-2-7-19(8-3-1)28-14-16-29(17-15-28)24-26-22-11-5-4-10-21(22)23(27-24)25-13-12-20-9-6-18-30-20/h1-11,18H,12-17H2,(H,25,26,27). The van der Waals surface area contributed by atoms with Crippen molar-refractivity contribution < 1.29 is 0 Å². The predicted molar refractivity (Wildman–Crippen MR) is 127 cm³/mol. The Hall–Kier alpha value is -3.12. The van der Waals surface area contributed by atoms with E-state index >= 15 is 0 Å². The Morgan fingerprint density at radius 2 is 1.57 bits per heavy atom. The van der Waals surface area contributed by atoms with Crippen LogP contribution in [-0.2, 0) is 6.42 Å². The Kier molecular flexibility index (Phi) is 5.48. The van der Waals surface area contributed by atoms with Gasteiger partial charge < -0.3 is 15.1 Å². The molecule has 0 spiro atoms. The van der Waals surface area contributed by atoms with Crippen molar-refractivity contribution in [2.45, 2.75) is 6.42 Å². The first-order valence-corrected chi connectivity index (χ1v) is 11.3. The van der Waals surface area contributed by atoms with Gasteiger partial charge in [0.2, 0.25) is 5.95 Å². The fourth-order valence-electron chi connectivity index (χ4n) is 3.90. The molecule has 4 aromatic rings. The monoisotopic (exact) mass is 415 g/mol. The summed E-state index contributed by atoms with van der Waals surface area (Å²) >= 11 is 1.80. The van der Waals surface area contributed by atoms with Gasteiger partial charge in [0.05, 0.1) is 5.52 Å². The molecule has 0 amide bonds. The molecule has 1 N–H and O–H groups in total. The second kappa shape index (κ2) is 8.71. The first-order chi connectivity index (χ1) is 14.9. The van der Waals surface area contributed by atoms with Crippen molar-refractivity contribution in [1.82, 2.24) is 9.97 Å². The lowest BCUT2D eigenvalue weighted by atomic mass is 10.2. The van der Waals surface area contributed by atoms with E-state index in [2.05, 4.69) is 81.2 Å². The van der Waals surface area contributed by atoms with Crippen molar-refractivity contribution in [3.63, 3.8) is 0 Å². The molecule has 0 atom stereocenters. The van der Waals surface area contributed by atoms with Gasteiger partial charge in [-0.25, -0.2) is 4.98 Å². The first-order valence-electron chi connectivity index (χ1n) is 10.4. The Bertz CT molecular complexity index is 1090. The maximum atomic E-state index is 4.93. The summed E-state index contributed by atoms with van der Waals surface area (Å²) in [6.45, 7) is 4.65. The second-order valence-electron chi connectivity index (χ2n) is 7.46. The summed E-state index contributed by atoms with van der Waals surface area (Å²) in [5, 5.41) is 6.77. The van der Waals surface area contributed by atoms with Crippen LogP contribution in [0.5, 0.6) is 0 Å². The van der Waals surface area contributed by atoms with Crippen LogP contribution in [0.15, 0.2) is 72.1 Å². The minimum absolute atomic E-state index is 0.819. The zero-order valence-corrected chi connectivity index (χ0v) is 17.7. The van der Waals surface area contributed by atoms with Gasteiger partial charge in [0.1, 0.15) is 5.82 Å². The smallest absolute Gasteiger partial charge is 0.228 e. The Balaban J connectivity index is 1.33. The van der Waals surface area contributed by atoms with E-state index in [-0.39, 0.29) is 0 Å². The fourth-order valence-corrected chi connectivity index (χ4v) is 4.61. The third-order valence-electron chi connectivity index (χ3n) is 5.52. The van der Waals surface area contributed by atoms with Crippen LogP contribution in [0, 0.1) is 0 Å². The molecule has 1 fully saturated rings. The van der Waals surface area contributed by atoms with Gasteiger partial charge in [-0.2, -0.15) is 4.98 Å². The number of hydrogen-bond acceptors (Lipinski definition) is 6. The highest BCUT2D eigenvalue weighted by Gasteiger charge is 2.20. The average Bonchev–Trinajstić information content (AvgIpc) is 3.33. The number of piperazine rings is 1. The van der Waals surface area contributed by atoms with Crippen molar-refractivity contribution in [3.8, 4) is 0 Å². The van der Waals surface area contributed by atoms with Gasteiger partial charge in [0.25, 0.3) is 0 Å². The van der Waals surface area contributed by atoms with Crippen LogP contribution in [0.25, 0.3) is 10.9 Å². The van der Waals surface area contributed by atoms with Gasteiger partial charge in [-0.3, -0.25) is 0 Å². The minimum atomic E-state index is 0.819. The molecule has 6 heteroatoms. The molecular formula is C24H25N5S. The predicted octanol–water partition coefficient (Wildman–Crippen LogP) is 4.67. The number of para-hydroxylation sites is 2. The van der Waals surface area contributed by atoms with Crippen molar-refractivity contribution in [2.24, 2.45) is 0 Å². The van der Waals surface area contributed by atoms with E-state index in [1.54, 1.807) is 11.3 Å². The molecule has 2 aromatic heterocycles. The lowest BCUT2D eigenvalue weighted by molar-refractivity contribution is 0.641. The molecule has 0 unspecified atom stereocenters. The van der Waals surface area contributed by atoms with Gasteiger partial charge in [-0.1, -0.05) is 36.4 Å². The van der Waals surface area contributed by atoms with Crippen molar-refractivity contribution in [1.29, 1.82) is 0 Å². The van der Waals surface area contributed by atoms with Crippen molar-refractivity contribution in [2.75, 3.05) is 47.8 Å². The molecule has 30 heavy (non-hydrogen) atoms. The number of aromatic nitrogens is 2. The van der Waals surface area contributed by atoms with Crippen molar-refractivity contribution >= 4 is 39.7 Å². The lowest BCUT2D eigenvalue weighted by Gasteiger charge is -2.36. The van der Waals surface area contributed by atoms with E-state index in [0.717, 1.165) is 61.8 Å². The van der Waals surface area contributed by atoms with Crippen LogP contribution in [0.3, 0.4) is 0 Å². The molecule has 1 aliphatic heterocycles. The molecule has 3 heterocycles. The van der Waals surface area contributed by atoms with Crippen LogP contribution in [0.1, 0.15) is 4.88 Å². The number of rotatable bonds is 6. The molecule has 152 valence electrons. The zero-order valence-electron chi connectivity index (χ0n) is 16.9. The van der Waals surface area contributed by atoms with Crippen LogP contribution < -0.4 is 15.1 Å². The van der Waals surface area contributed by atoms with Gasteiger partial charge in [-0.15, -0.1) is 11.3 Å². The topological polar surface area (TPSA) is 44.3 Å². The molecule has 1 saturated heterocycles. The Morgan fingerprint density at radius 3 is 2.37 bits per heavy atom. The molecular weight excluding hydrogens is 390 g/mol. The third kappa shape index (κ3) is 4.09. The fraction of sp³-hybridized carbons (Fsp3) is 0.250. The van der Waals surface area contributed by atoms with E-state index in [1.807, 2.05) is 6.07 Å². The van der Waals surface area contributed by atoms with Crippen LogP contribution in [0.4, 0.5) is 17.5 Å². The summed E-state index contributed by atoms with van der Waals surface area (Å²) in [6.07, 6.45) is 1.00. The maximum absolute atomic E-state index is 4.93. The highest BCUT2D eigenvalue weighted by molar-refractivity contribution is 7.09. The number of fused-ring (bicyclic) bond motifs is 1. The normalized spacial score (nSPS) is 14.3. The Morgan fingerprint density at radius 1 is 0.800 bits per heavy atom. The maximum Gasteiger partial charge on any atom is 0.228 e. The van der Waals surface area contributed by atoms with E-state index in [1.165, 1.54) is 10.6 Å². The summed E-state index contributed by atoms with van der Waals surface area (Å²) in [5.41, 5.74) is 2.28. The third-order valence-corrected chi connectivity index (χ3v) is 6.46. The average molecular weight is 416 g/mol. The van der Waals surface area contributed by atoms with Crippen LogP contribution in [-0.4, -0.2) is 42.7 Å². The number of nitrogens with zero attached hydrogens (tertiary/aromatic N) is 4. The molecule has 0 radical (unpaired) electrons. The summed E-state index contributed by atoms with van der Waals surface area (Å²) in [4.78, 5) is 15.9. The largest absolute Gasteiger partial charge is 0.369 e. The first kappa shape index (κ1) is 18.9. The second-order valence-corrected chi connectivity index (χ2v) is 8.49. The quantitative estimate of drug-likeness (QED) is 0.496. The van der Waals surface area contributed by atoms with E-state index in [4.69, 9.17) is 9.97 Å². The summed E-state index contributed by atoms with van der Waals surface area (Å²) < 4.78 is 0. The van der Waals surface area contributed by atoms with Gasteiger partial charge in [0.15, 0.2) is 0 Å². The zero-order chi connectivity index (χ0) is 20.2. The molecule has 5 rings (SSSR count). The number of nitrogens with one attached hydrogen (secondary N) is 1. The van der Waals surface area contributed by atoms with Crippen LogP contribution >= 0.6 is 11.3 Å². The number of benzene rings is 2. The highest BCUT2D eigenvalue weighted by atomic mass is 32.1. The van der Waals surface area contributed by atoms with Gasteiger partial charge in [-0.05, 0) is 42.1 Å². The minimum Gasteiger partial charge on any atom is -0.369 e. The number of anilines is 3. The van der Waals surface area contributed by atoms with E-state index in [0.29, 0.717) is 0 Å². The molecule has 5 nitrogen and oxygen atoms in total. The Labute approximate surface area is 181 Å². The summed E-state index contributed by atoms with van der Waals surface area (Å²) in [7, 11) is 0. The highest BCUT2D eigenvalue weighted by Crippen LogP contribution is 2.25. The molecule has 1 aliphatic rings. The summed E-state index contributed by atoms with van der Waals surface area (Å²) in [6, 6.07) is 23.2. The lowest BCUT2D eigenvalue weighted by Crippen LogP contribution is -2.47. The molecule has 0 saturated carbocycles. The van der Waals surface area contributed by atoms with E-state index < -0.39 is 0 Å². The SMILES string of the molecule is c1ccc(N2CCN(c3nc(NCCc4cccs4)c4ccccc4n3)CC2)cc1. The summed E-state index contributed by atoms with van der Waals surface area (Å²) in [5.74, 6) is 1.75. The number of thiophene rings is 1. The van der Waals surface area contributed by atoms with Crippen molar-refractivity contribution in [3.05, 3.63) is 77.0 Å². The van der Waals surface area contributed by atoms with Gasteiger partial charge in [0, 0.05) is 48.7 Å². The molecule has 0 aliphatic carbocycles. The number of hydrogen-bond donors (Lipinski definition) is 1. The van der Waals surface area contributed by atoms with Crippen LogP contribution in [0.2, 0.25) is 0 Å². The molecule has 2 aromatic carbocycles.